The van der Waals surface area contributed by atoms with E-state index in [1.54, 1.807) is 0 Å². The summed E-state index contributed by atoms with van der Waals surface area (Å²) in [6, 6.07) is 0. The molecule has 0 saturated carbocycles. The molecule has 0 aromatic heterocycles. The van der Waals surface area contributed by atoms with E-state index in [4.69, 9.17) is 0 Å². The second-order valence-corrected chi connectivity index (χ2v) is 9.12. The summed E-state index contributed by atoms with van der Waals surface area (Å²) in [5.41, 5.74) is 0. The van der Waals surface area contributed by atoms with Crippen molar-refractivity contribution in [1.29, 1.82) is 0 Å². The Bertz CT molecular complexity index is 304. The van der Waals surface area contributed by atoms with Gasteiger partial charge in [-0.15, -0.1) is 0 Å². The highest BCUT2D eigenvalue weighted by atomic mass is 14.0. The molecule has 1 aliphatic rings. The van der Waals surface area contributed by atoms with Crippen LogP contribution in [0.5, 0.6) is 0 Å². The first kappa shape index (κ1) is 25.5. The van der Waals surface area contributed by atoms with E-state index >= 15 is 0 Å². The van der Waals surface area contributed by atoms with Crippen LogP contribution in [0.2, 0.25) is 0 Å². The van der Waals surface area contributed by atoms with Crippen LogP contribution in [-0.4, -0.2) is 0 Å². The zero-order valence-electron chi connectivity index (χ0n) is 19.2. The summed E-state index contributed by atoms with van der Waals surface area (Å²) in [5.74, 6) is 0. The van der Waals surface area contributed by atoms with Crippen molar-refractivity contribution in [3.63, 3.8) is 0 Å². The third-order valence-electron chi connectivity index (χ3n) is 6.29. The van der Waals surface area contributed by atoms with Gasteiger partial charge in [-0.25, -0.2) is 0 Å². The molecule has 0 bridgehead atoms. The maximum atomic E-state index is 3.44. The van der Waals surface area contributed by atoms with Crippen LogP contribution in [0.15, 0.2) is 18.2 Å². The smallest absolute Gasteiger partial charge is 0.0276 e. The van der Waals surface area contributed by atoms with E-state index in [0.29, 0.717) is 0 Å². The first-order valence-corrected chi connectivity index (χ1v) is 13.2. The van der Waals surface area contributed by atoms with E-state index in [9.17, 15) is 0 Å². The molecule has 0 N–H and O–H groups in total. The number of hydrogen-bond donors (Lipinski definition) is 0. The summed E-state index contributed by atoms with van der Waals surface area (Å²) in [6.07, 6.45) is 44.5. The summed E-state index contributed by atoms with van der Waals surface area (Å²) in [6.45, 7) is 0. The van der Waals surface area contributed by atoms with Gasteiger partial charge in [0.2, 0.25) is 0 Å². The molecular weight excluding hydrogens is 336 g/mol. The fourth-order valence-electron chi connectivity index (χ4n) is 4.34. The highest BCUT2D eigenvalue weighted by molar-refractivity contribution is 4.98. The molecule has 0 aliphatic heterocycles. The maximum Gasteiger partial charge on any atom is -0.0276 e. The third kappa shape index (κ3) is 20.2. The van der Waals surface area contributed by atoms with Crippen LogP contribution >= 0.6 is 0 Å². The molecule has 0 heteroatoms. The largest absolute Gasteiger partial charge is 0.0845 e. The molecular formula is C28H51. The standard InChI is InChI=1S/C28H51/c1-2-4-6-8-10-12-14-16-18-20-22-24-26-28-27-25-23-21-19-17-15-13-11-9-7-5-3-1/h1-3H,4,6-28H2/b2-1-,5-3?. The second-order valence-electron chi connectivity index (χ2n) is 9.12. The zero-order valence-corrected chi connectivity index (χ0v) is 19.2. The van der Waals surface area contributed by atoms with Gasteiger partial charge in [0.25, 0.3) is 0 Å². The Balaban J connectivity index is 2.08. The quantitative estimate of drug-likeness (QED) is 0.387. The average molecular weight is 388 g/mol. The molecule has 0 heterocycles. The average Bonchev–Trinajstić information content (AvgIpc) is 2.71. The first-order valence-electron chi connectivity index (χ1n) is 13.2. The predicted molar refractivity (Wildman–Crippen MR) is 128 cm³/mol. The van der Waals surface area contributed by atoms with Crippen molar-refractivity contribution in [2.75, 3.05) is 0 Å². The molecule has 28 heavy (non-hydrogen) atoms. The highest BCUT2D eigenvalue weighted by Gasteiger charge is 1.96. The van der Waals surface area contributed by atoms with Gasteiger partial charge in [-0.1, -0.05) is 147 Å². The Morgan fingerprint density at radius 1 is 0.357 bits per heavy atom. The Kier molecular flexibility index (Phi) is 20.7. The molecule has 0 atom stereocenters. The van der Waals surface area contributed by atoms with Gasteiger partial charge in [0.05, 0.1) is 0 Å². The van der Waals surface area contributed by atoms with Crippen LogP contribution in [0.25, 0.3) is 0 Å². The van der Waals surface area contributed by atoms with E-state index in [1.165, 1.54) is 148 Å². The SMILES string of the molecule is [C]1=C/C=C\CCCCCCCCCCCCCCCCCCCCCCCC1. The van der Waals surface area contributed by atoms with Gasteiger partial charge in [-0.05, 0) is 31.8 Å². The van der Waals surface area contributed by atoms with Gasteiger partial charge in [-0.3, -0.25) is 0 Å². The first-order chi connectivity index (χ1) is 14.0. The minimum absolute atomic E-state index is 1.14. The summed E-state index contributed by atoms with van der Waals surface area (Å²) < 4.78 is 0. The minimum Gasteiger partial charge on any atom is -0.0845 e. The van der Waals surface area contributed by atoms with Gasteiger partial charge in [0, 0.05) is 0 Å². The number of allylic oxidation sites excluding steroid dienone is 4. The molecule has 0 amide bonds. The van der Waals surface area contributed by atoms with E-state index in [-0.39, 0.29) is 0 Å². The second kappa shape index (κ2) is 22.8. The highest BCUT2D eigenvalue weighted by Crippen LogP contribution is 2.15. The van der Waals surface area contributed by atoms with Gasteiger partial charge < -0.3 is 0 Å². The zero-order chi connectivity index (χ0) is 19.8. The van der Waals surface area contributed by atoms with Crippen LogP contribution in [0.1, 0.15) is 154 Å². The Labute approximate surface area is 178 Å². The van der Waals surface area contributed by atoms with Crippen molar-refractivity contribution in [3.8, 4) is 0 Å². The lowest BCUT2D eigenvalue weighted by Crippen LogP contribution is -1.84. The Hall–Kier alpha value is -0.520. The van der Waals surface area contributed by atoms with Crippen molar-refractivity contribution in [1.82, 2.24) is 0 Å². The lowest BCUT2D eigenvalue weighted by atomic mass is 10.0. The van der Waals surface area contributed by atoms with Crippen molar-refractivity contribution in [2.45, 2.75) is 154 Å². The van der Waals surface area contributed by atoms with E-state index in [2.05, 4.69) is 24.3 Å². The molecule has 0 spiro atoms. The summed E-state index contributed by atoms with van der Waals surface area (Å²) in [7, 11) is 0. The van der Waals surface area contributed by atoms with Crippen molar-refractivity contribution in [3.05, 3.63) is 24.3 Å². The fourth-order valence-corrected chi connectivity index (χ4v) is 4.34. The van der Waals surface area contributed by atoms with Crippen LogP contribution in [-0.2, 0) is 0 Å². The van der Waals surface area contributed by atoms with Crippen LogP contribution in [0, 0.1) is 6.08 Å². The lowest BCUT2D eigenvalue weighted by molar-refractivity contribution is 0.518. The normalized spacial score (nSPS) is 24.0. The summed E-state index contributed by atoms with van der Waals surface area (Å²) in [5, 5.41) is 0. The van der Waals surface area contributed by atoms with Crippen molar-refractivity contribution < 1.29 is 0 Å². The van der Waals surface area contributed by atoms with E-state index in [0.717, 1.165) is 6.42 Å². The van der Waals surface area contributed by atoms with Crippen molar-refractivity contribution in [2.24, 2.45) is 0 Å². The Morgan fingerprint density at radius 3 is 1.07 bits per heavy atom. The summed E-state index contributed by atoms with van der Waals surface area (Å²) in [4.78, 5) is 0. The van der Waals surface area contributed by atoms with Gasteiger partial charge in [-0.2, -0.15) is 0 Å². The molecule has 0 saturated heterocycles. The van der Waals surface area contributed by atoms with Gasteiger partial charge in [0.1, 0.15) is 0 Å². The molecule has 0 unspecified atom stereocenters. The van der Waals surface area contributed by atoms with E-state index < -0.39 is 0 Å². The minimum atomic E-state index is 1.14. The van der Waals surface area contributed by atoms with Crippen LogP contribution in [0.4, 0.5) is 0 Å². The molecule has 1 radical (unpaired) electrons. The summed E-state index contributed by atoms with van der Waals surface area (Å²) >= 11 is 0. The monoisotopic (exact) mass is 387 g/mol. The predicted octanol–water partition coefficient (Wildman–Crippen LogP) is 10.3. The van der Waals surface area contributed by atoms with Gasteiger partial charge >= 0.3 is 0 Å². The van der Waals surface area contributed by atoms with Crippen LogP contribution < -0.4 is 0 Å². The number of rotatable bonds is 0. The third-order valence-corrected chi connectivity index (χ3v) is 6.29. The molecule has 0 fully saturated rings. The molecule has 0 aromatic carbocycles. The molecule has 1 aliphatic carbocycles. The molecule has 0 nitrogen and oxygen atoms in total. The molecule has 163 valence electrons. The van der Waals surface area contributed by atoms with E-state index in [1.807, 2.05) is 0 Å². The van der Waals surface area contributed by atoms with Gasteiger partial charge in [0.15, 0.2) is 0 Å². The molecule has 1 rings (SSSR count). The fraction of sp³-hybridized carbons (Fsp3) is 0.857. The lowest BCUT2D eigenvalue weighted by Gasteiger charge is -2.04. The topological polar surface area (TPSA) is 0 Å². The van der Waals surface area contributed by atoms with Crippen molar-refractivity contribution >= 4 is 0 Å². The number of hydrogen-bond acceptors (Lipinski definition) is 0. The Morgan fingerprint density at radius 2 is 0.679 bits per heavy atom. The maximum absolute atomic E-state index is 3.44. The molecule has 0 aromatic rings. The van der Waals surface area contributed by atoms with Crippen LogP contribution in [0.3, 0.4) is 0 Å².